The van der Waals surface area contributed by atoms with Crippen molar-refractivity contribution >= 4 is 22.6 Å². The highest BCUT2D eigenvalue weighted by molar-refractivity contribution is 6.16. The lowest BCUT2D eigenvalue weighted by molar-refractivity contribution is 0.0242. The van der Waals surface area contributed by atoms with E-state index in [4.69, 9.17) is 16.3 Å². The van der Waals surface area contributed by atoms with Crippen LogP contribution in [0.1, 0.15) is 37.9 Å². The number of fused-ring (bicyclic) bond motifs is 1. The normalized spacial score (nSPS) is 16.7. The smallest absolute Gasteiger partial charge is 0.125 e. The Balaban J connectivity index is 1.71. The van der Waals surface area contributed by atoms with Crippen molar-refractivity contribution in [1.82, 2.24) is 9.55 Å². The van der Waals surface area contributed by atoms with E-state index in [1.807, 2.05) is 4.57 Å². The third kappa shape index (κ3) is 3.38. The number of hydrogen-bond acceptors (Lipinski definition) is 2. The average Bonchev–Trinajstić information content (AvgIpc) is 2.86. The molecule has 0 spiro atoms. The van der Waals surface area contributed by atoms with Crippen LogP contribution >= 0.6 is 11.6 Å². The van der Waals surface area contributed by atoms with E-state index >= 15 is 0 Å². The second-order valence-corrected chi connectivity index (χ2v) is 5.84. The summed E-state index contributed by atoms with van der Waals surface area (Å²) in [5.41, 5.74) is 1.57. The molecule has 0 saturated heterocycles. The number of hydrogen-bond donors (Lipinski definition) is 0. The molecule has 21 heavy (non-hydrogen) atoms. The minimum absolute atomic E-state index is 0.252. The van der Waals surface area contributed by atoms with Gasteiger partial charge in [-0.25, -0.2) is 9.37 Å². The van der Waals surface area contributed by atoms with Crippen molar-refractivity contribution < 1.29 is 9.13 Å². The van der Waals surface area contributed by atoms with Gasteiger partial charge >= 0.3 is 0 Å². The number of halogens is 2. The second-order valence-electron chi connectivity index (χ2n) is 5.58. The van der Waals surface area contributed by atoms with Gasteiger partial charge in [-0.15, -0.1) is 11.6 Å². The predicted molar refractivity (Wildman–Crippen MR) is 82.1 cm³/mol. The monoisotopic (exact) mass is 310 g/mol. The Morgan fingerprint density at radius 1 is 1.29 bits per heavy atom. The Morgan fingerprint density at radius 2 is 2.10 bits per heavy atom. The van der Waals surface area contributed by atoms with Crippen LogP contribution in [0.15, 0.2) is 18.2 Å². The van der Waals surface area contributed by atoms with E-state index < -0.39 is 0 Å². The van der Waals surface area contributed by atoms with Crippen LogP contribution in [-0.2, 0) is 17.2 Å². The summed E-state index contributed by atoms with van der Waals surface area (Å²) in [4.78, 5) is 4.45. The summed E-state index contributed by atoms with van der Waals surface area (Å²) >= 11 is 5.95. The van der Waals surface area contributed by atoms with Gasteiger partial charge in [0.15, 0.2) is 0 Å². The van der Waals surface area contributed by atoms with Gasteiger partial charge in [0.05, 0.1) is 29.6 Å². The topological polar surface area (TPSA) is 27.1 Å². The van der Waals surface area contributed by atoms with E-state index in [0.29, 0.717) is 25.1 Å². The Kier molecular flexibility index (Phi) is 4.76. The van der Waals surface area contributed by atoms with Gasteiger partial charge in [-0.3, -0.25) is 0 Å². The van der Waals surface area contributed by atoms with Crippen LogP contribution in [0.2, 0.25) is 0 Å². The van der Waals surface area contributed by atoms with Gasteiger partial charge in [-0.1, -0.05) is 19.3 Å². The van der Waals surface area contributed by atoms with Gasteiger partial charge in [0, 0.05) is 6.54 Å². The number of benzene rings is 1. The van der Waals surface area contributed by atoms with Crippen molar-refractivity contribution in [2.24, 2.45) is 0 Å². The van der Waals surface area contributed by atoms with Crippen molar-refractivity contribution in [1.29, 1.82) is 0 Å². The van der Waals surface area contributed by atoms with Crippen molar-refractivity contribution in [3.8, 4) is 0 Å². The molecule has 0 aliphatic heterocycles. The Hall–Kier alpha value is -1.13. The lowest BCUT2D eigenvalue weighted by Crippen LogP contribution is -2.19. The lowest BCUT2D eigenvalue weighted by atomic mass is 9.98. The molecule has 0 atom stereocenters. The quantitative estimate of drug-likeness (QED) is 0.771. The highest BCUT2D eigenvalue weighted by Gasteiger charge is 2.15. The highest BCUT2D eigenvalue weighted by atomic mass is 35.5. The minimum Gasteiger partial charge on any atom is -0.376 e. The molecule has 1 fully saturated rings. The van der Waals surface area contributed by atoms with E-state index in [-0.39, 0.29) is 5.82 Å². The van der Waals surface area contributed by atoms with Crippen LogP contribution in [-0.4, -0.2) is 22.3 Å². The fraction of sp³-hybridized carbons (Fsp3) is 0.562. The Morgan fingerprint density at radius 3 is 2.86 bits per heavy atom. The predicted octanol–water partition coefficient (Wildman–Crippen LogP) is 4.26. The third-order valence-corrected chi connectivity index (χ3v) is 4.37. The lowest BCUT2D eigenvalue weighted by Gasteiger charge is -2.22. The molecule has 114 valence electrons. The van der Waals surface area contributed by atoms with Crippen LogP contribution in [0.4, 0.5) is 4.39 Å². The molecule has 1 aliphatic carbocycles. The average molecular weight is 311 g/mol. The van der Waals surface area contributed by atoms with E-state index in [1.54, 1.807) is 6.07 Å². The molecular weight excluding hydrogens is 291 g/mol. The first kappa shape index (κ1) is 14.8. The molecular formula is C16H20ClFN2O. The maximum Gasteiger partial charge on any atom is 0.125 e. The summed E-state index contributed by atoms with van der Waals surface area (Å²) in [6, 6.07) is 4.63. The van der Waals surface area contributed by atoms with Crippen LogP contribution < -0.4 is 0 Å². The Bertz CT molecular complexity index is 608. The summed E-state index contributed by atoms with van der Waals surface area (Å²) < 4.78 is 21.4. The zero-order valence-electron chi connectivity index (χ0n) is 12.0. The van der Waals surface area contributed by atoms with Crippen LogP contribution in [0.5, 0.6) is 0 Å². The fourth-order valence-corrected chi connectivity index (χ4v) is 3.24. The second kappa shape index (κ2) is 6.75. The van der Waals surface area contributed by atoms with E-state index in [1.165, 1.54) is 31.4 Å². The van der Waals surface area contributed by atoms with Gasteiger partial charge in [0.25, 0.3) is 0 Å². The van der Waals surface area contributed by atoms with Crippen LogP contribution in [0.3, 0.4) is 0 Å². The molecule has 1 saturated carbocycles. The molecule has 1 aromatic carbocycles. The van der Waals surface area contributed by atoms with E-state index in [9.17, 15) is 4.39 Å². The number of rotatable bonds is 5. The number of imidazole rings is 1. The molecule has 1 aliphatic rings. The molecule has 0 N–H and O–H groups in total. The molecule has 0 amide bonds. The number of alkyl halides is 1. The standard InChI is InChI=1S/C16H20ClFN2O/c17-11-16-19-14-7-6-12(18)10-15(14)20(16)8-9-21-13-4-2-1-3-5-13/h6-7,10,13H,1-5,8-9,11H2. The Labute approximate surface area is 129 Å². The zero-order valence-corrected chi connectivity index (χ0v) is 12.8. The molecule has 3 nitrogen and oxygen atoms in total. The van der Waals surface area contributed by atoms with Crippen molar-refractivity contribution in [3.63, 3.8) is 0 Å². The van der Waals surface area contributed by atoms with Gasteiger partial charge in [-0.2, -0.15) is 0 Å². The van der Waals surface area contributed by atoms with E-state index in [2.05, 4.69) is 4.98 Å². The molecule has 0 bridgehead atoms. The number of nitrogens with zero attached hydrogens (tertiary/aromatic N) is 2. The molecule has 1 heterocycles. The summed E-state index contributed by atoms with van der Waals surface area (Å²) in [5, 5.41) is 0. The number of ether oxygens (including phenoxy) is 1. The summed E-state index contributed by atoms with van der Waals surface area (Å²) in [5.74, 6) is 0.835. The summed E-state index contributed by atoms with van der Waals surface area (Å²) in [6.45, 7) is 1.29. The van der Waals surface area contributed by atoms with Crippen LogP contribution in [0.25, 0.3) is 11.0 Å². The van der Waals surface area contributed by atoms with E-state index in [0.717, 1.165) is 29.7 Å². The summed E-state index contributed by atoms with van der Waals surface area (Å²) in [7, 11) is 0. The van der Waals surface area contributed by atoms with Gasteiger partial charge in [-0.05, 0) is 31.0 Å². The SMILES string of the molecule is Fc1ccc2nc(CCl)n(CCOC3CCCCC3)c2c1. The largest absolute Gasteiger partial charge is 0.376 e. The maximum absolute atomic E-state index is 13.4. The molecule has 5 heteroatoms. The molecule has 1 aromatic heterocycles. The van der Waals surface area contributed by atoms with Crippen molar-refractivity contribution in [3.05, 3.63) is 29.8 Å². The molecule has 0 radical (unpaired) electrons. The molecule has 2 aromatic rings. The number of aromatic nitrogens is 2. The minimum atomic E-state index is -0.252. The van der Waals surface area contributed by atoms with Gasteiger partial charge < -0.3 is 9.30 Å². The first-order valence-corrected chi connectivity index (χ1v) is 8.13. The summed E-state index contributed by atoms with van der Waals surface area (Å²) in [6.07, 6.45) is 6.53. The van der Waals surface area contributed by atoms with Crippen molar-refractivity contribution in [2.45, 2.75) is 50.6 Å². The first-order valence-electron chi connectivity index (χ1n) is 7.60. The highest BCUT2D eigenvalue weighted by Crippen LogP contribution is 2.22. The maximum atomic E-state index is 13.4. The first-order chi connectivity index (χ1) is 10.3. The fourth-order valence-electron chi connectivity index (χ4n) is 3.04. The molecule has 0 unspecified atom stereocenters. The van der Waals surface area contributed by atoms with Gasteiger partial charge in [0.2, 0.25) is 0 Å². The molecule has 3 rings (SSSR count). The van der Waals surface area contributed by atoms with Crippen LogP contribution in [0, 0.1) is 5.82 Å². The third-order valence-electron chi connectivity index (χ3n) is 4.13. The van der Waals surface area contributed by atoms with Gasteiger partial charge in [0.1, 0.15) is 11.6 Å². The van der Waals surface area contributed by atoms with Crippen molar-refractivity contribution in [2.75, 3.05) is 6.61 Å². The zero-order chi connectivity index (χ0) is 14.7.